The van der Waals surface area contributed by atoms with E-state index in [0.717, 1.165) is 22.8 Å². The number of hydrogen-bond acceptors (Lipinski definition) is 2. The van der Waals surface area contributed by atoms with Crippen LogP contribution < -0.4 is 5.56 Å². The van der Waals surface area contributed by atoms with E-state index in [1.54, 1.807) is 13.1 Å². The van der Waals surface area contributed by atoms with Crippen molar-refractivity contribution >= 4 is 11.6 Å². The summed E-state index contributed by atoms with van der Waals surface area (Å²) in [6.45, 7) is 5.64. The lowest BCUT2D eigenvalue weighted by Gasteiger charge is -2.09. The lowest BCUT2D eigenvalue weighted by Crippen LogP contribution is -2.13. The maximum atomic E-state index is 11.9. The standard InChI is InChI=1S/C19H16ClN3O/c1-12-18(9-10-21-19(12)24)23-13(2)17(22-14(23)3)8-7-15-5-4-6-16(20)11-15/h4-6,9-11H,1-3H3,(H,21,24). The molecular weight excluding hydrogens is 322 g/mol. The Hall–Kier alpha value is -2.77. The highest BCUT2D eigenvalue weighted by atomic mass is 35.5. The van der Waals surface area contributed by atoms with Crippen LogP contribution >= 0.6 is 11.6 Å². The average molecular weight is 338 g/mol. The monoisotopic (exact) mass is 337 g/mol. The lowest BCUT2D eigenvalue weighted by molar-refractivity contribution is 0.920. The Morgan fingerprint density at radius 3 is 2.71 bits per heavy atom. The second-order valence-corrected chi connectivity index (χ2v) is 5.94. The Morgan fingerprint density at radius 2 is 1.96 bits per heavy atom. The number of imidazole rings is 1. The highest BCUT2D eigenvalue weighted by Gasteiger charge is 2.13. The highest BCUT2D eigenvalue weighted by Crippen LogP contribution is 2.18. The van der Waals surface area contributed by atoms with Gasteiger partial charge in [-0.2, -0.15) is 0 Å². The summed E-state index contributed by atoms with van der Waals surface area (Å²) < 4.78 is 1.95. The second-order valence-electron chi connectivity index (χ2n) is 5.51. The Labute approximate surface area is 145 Å². The maximum Gasteiger partial charge on any atom is 0.252 e. The molecule has 0 bridgehead atoms. The predicted molar refractivity (Wildman–Crippen MR) is 95.8 cm³/mol. The normalized spacial score (nSPS) is 10.3. The van der Waals surface area contributed by atoms with Crippen LogP contribution in [0.15, 0.2) is 41.3 Å². The van der Waals surface area contributed by atoms with Gasteiger partial charge in [0.2, 0.25) is 0 Å². The summed E-state index contributed by atoms with van der Waals surface area (Å²) in [5.41, 5.74) is 3.78. The molecule has 0 aliphatic rings. The molecule has 0 amide bonds. The van der Waals surface area contributed by atoms with E-state index < -0.39 is 0 Å². The molecule has 0 aliphatic carbocycles. The first-order valence-electron chi connectivity index (χ1n) is 7.49. The molecule has 0 unspecified atom stereocenters. The summed E-state index contributed by atoms with van der Waals surface area (Å²) in [6.07, 6.45) is 1.64. The molecule has 4 nitrogen and oxygen atoms in total. The number of benzene rings is 1. The third kappa shape index (κ3) is 2.99. The third-order valence-corrected chi connectivity index (χ3v) is 4.08. The molecule has 3 rings (SSSR count). The van der Waals surface area contributed by atoms with Crippen LogP contribution in [-0.4, -0.2) is 14.5 Å². The Kier molecular flexibility index (Phi) is 4.28. The molecular formula is C19H16ClN3O. The fourth-order valence-corrected chi connectivity index (χ4v) is 2.79. The average Bonchev–Trinajstić information content (AvgIpc) is 2.83. The number of pyridine rings is 1. The van der Waals surface area contributed by atoms with Crippen LogP contribution in [0.5, 0.6) is 0 Å². The van der Waals surface area contributed by atoms with Gasteiger partial charge in [0, 0.05) is 22.3 Å². The molecule has 2 aromatic heterocycles. The number of hydrogen-bond donors (Lipinski definition) is 1. The molecule has 0 radical (unpaired) electrons. The fraction of sp³-hybridized carbons (Fsp3) is 0.158. The van der Waals surface area contributed by atoms with Gasteiger partial charge < -0.3 is 4.98 Å². The van der Waals surface area contributed by atoms with Crippen molar-refractivity contribution in [1.29, 1.82) is 0 Å². The fourth-order valence-electron chi connectivity index (χ4n) is 2.60. The number of aromatic nitrogens is 3. The zero-order chi connectivity index (χ0) is 17.3. The van der Waals surface area contributed by atoms with E-state index in [2.05, 4.69) is 21.8 Å². The van der Waals surface area contributed by atoms with Crippen molar-refractivity contribution in [2.75, 3.05) is 0 Å². The van der Waals surface area contributed by atoms with Gasteiger partial charge in [-0.15, -0.1) is 0 Å². The largest absolute Gasteiger partial charge is 0.329 e. The van der Waals surface area contributed by atoms with Crippen LogP contribution in [0.25, 0.3) is 5.69 Å². The first-order valence-corrected chi connectivity index (χ1v) is 7.87. The van der Waals surface area contributed by atoms with Crippen LogP contribution in [0.1, 0.15) is 28.3 Å². The molecule has 1 aromatic carbocycles. The summed E-state index contributed by atoms with van der Waals surface area (Å²) >= 11 is 5.98. The minimum absolute atomic E-state index is 0.105. The Balaban J connectivity index is 2.08. The molecule has 0 saturated heterocycles. The highest BCUT2D eigenvalue weighted by molar-refractivity contribution is 6.30. The van der Waals surface area contributed by atoms with E-state index in [-0.39, 0.29) is 5.56 Å². The summed E-state index contributed by atoms with van der Waals surface area (Å²) in [7, 11) is 0. The van der Waals surface area contributed by atoms with Gasteiger partial charge in [0.1, 0.15) is 11.5 Å². The lowest BCUT2D eigenvalue weighted by atomic mass is 10.2. The number of aryl methyl sites for hydroxylation is 1. The van der Waals surface area contributed by atoms with Gasteiger partial charge in [-0.25, -0.2) is 4.98 Å². The van der Waals surface area contributed by atoms with E-state index in [0.29, 0.717) is 16.3 Å². The SMILES string of the molecule is Cc1c(-n2c(C)nc(C#Cc3cccc(Cl)c3)c2C)cc[nH]c1=O. The molecule has 120 valence electrons. The number of rotatable bonds is 1. The minimum Gasteiger partial charge on any atom is -0.329 e. The molecule has 2 heterocycles. The Bertz CT molecular complexity index is 1030. The van der Waals surface area contributed by atoms with Gasteiger partial charge in [0.25, 0.3) is 5.56 Å². The van der Waals surface area contributed by atoms with Crippen molar-refractivity contribution in [2.24, 2.45) is 0 Å². The van der Waals surface area contributed by atoms with Gasteiger partial charge >= 0.3 is 0 Å². The Morgan fingerprint density at radius 1 is 1.17 bits per heavy atom. The minimum atomic E-state index is -0.105. The maximum absolute atomic E-state index is 11.9. The molecule has 5 heteroatoms. The molecule has 0 aliphatic heterocycles. The number of aromatic amines is 1. The summed E-state index contributed by atoms with van der Waals surface area (Å²) in [6, 6.07) is 9.26. The summed E-state index contributed by atoms with van der Waals surface area (Å²) in [5.74, 6) is 6.97. The molecule has 1 N–H and O–H groups in total. The predicted octanol–water partition coefficient (Wildman–Crippen LogP) is 3.54. The zero-order valence-corrected chi connectivity index (χ0v) is 14.4. The van der Waals surface area contributed by atoms with E-state index in [1.165, 1.54) is 0 Å². The first-order chi connectivity index (χ1) is 11.5. The quantitative estimate of drug-likeness (QED) is 0.690. The van der Waals surface area contributed by atoms with Crippen molar-refractivity contribution < 1.29 is 0 Å². The molecule has 24 heavy (non-hydrogen) atoms. The van der Waals surface area contributed by atoms with Crippen molar-refractivity contribution in [3.63, 3.8) is 0 Å². The van der Waals surface area contributed by atoms with Gasteiger partial charge in [-0.3, -0.25) is 9.36 Å². The molecule has 3 aromatic rings. The van der Waals surface area contributed by atoms with Crippen LogP contribution in [0, 0.1) is 32.6 Å². The van der Waals surface area contributed by atoms with Crippen LogP contribution in [0.4, 0.5) is 0 Å². The van der Waals surface area contributed by atoms with E-state index in [1.807, 2.05) is 48.7 Å². The van der Waals surface area contributed by atoms with Crippen LogP contribution in [0.3, 0.4) is 0 Å². The number of H-pyrrole nitrogens is 1. The van der Waals surface area contributed by atoms with Gasteiger partial charge in [-0.05, 0) is 51.0 Å². The van der Waals surface area contributed by atoms with E-state index in [4.69, 9.17) is 11.6 Å². The van der Waals surface area contributed by atoms with Crippen LogP contribution in [-0.2, 0) is 0 Å². The number of nitrogens with one attached hydrogen (secondary N) is 1. The first kappa shape index (κ1) is 16.1. The molecule has 0 fully saturated rings. The molecule has 0 spiro atoms. The van der Waals surface area contributed by atoms with Gasteiger partial charge in [-0.1, -0.05) is 23.6 Å². The van der Waals surface area contributed by atoms with Gasteiger partial charge in [0.05, 0.1) is 11.4 Å². The summed E-state index contributed by atoms with van der Waals surface area (Å²) in [4.78, 5) is 19.1. The van der Waals surface area contributed by atoms with E-state index >= 15 is 0 Å². The number of halogens is 1. The van der Waals surface area contributed by atoms with Gasteiger partial charge in [0.15, 0.2) is 0 Å². The zero-order valence-electron chi connectivity index (χ0n) is 13.6. The molecule has 0 atom stereocenters. The van der Waals surface area contributed by atoms with Crippen LogP contribution in [0.2, 0.25) is 5.02 Å². The van der Waals surface area contributed by atoms with Crippen molar-refractivity contribution in [3.8, 4) is 17.5 Å². The topological polar surface area (TPSA) is 50.7 Å². The van der Waals surface area contributed by atoms with Crippen molar-refractivity contribution in [2.45, 2.75) is 20.8 Å². The second kappa shape index (κ2) is 6.38. The van der Waals surface area contributed by atoms with Crippen molar-refractivity contribution in [3.05, 3.63) is 80.2 Å². The smallest absolute Gasteiger partial charge is 0.252 e. The van der Waals surface area contributed by atoms with E-state index in [9.17, 15) is 4.79 Å². The summed E-state index contributed by atoms with van der Waals surface area (Å²) in [5, 5.41) is 0.652. The van der Waals surface area contributed by atoms with Crippen molar-refractivity contribution in [1.82, 2.24) is 14.5 Å². The third-order valence-electron chi connectivity index (χ3n) is 3.85. The number of nitrogens with zero attached hydrogens (tertiary/aromatic N) is 2. The molecule has 0 saturated carbocycles.